The first kappa shape index (κ1) is 13.0. The lowest BCUT2D eigenvalue weighted by molar-refractivity contribution is -0.385. The first-order chi connectivity index (χ1) is 7.95. The number of carbonyl (C=O) groups excluding carboxylic acids is 1. The summed E-state index contributed by atoms with van der Waals surface area (Å²) in [5.74, 6) is 0. The number of nitrogens with zero attached hydrogens (tertiary/aromatic N) is 2. The molecule has 6 heteroatoms. The molecule has 1 rings (SSSR count). The molecule has 0 fully saturated rings. The molecule has 0 spiro atoms. The van der Waals surface area contributed by atoms with E-state index in [1.54, 1.807) is 26.2 Å². The molecule has 1 N–H and O–H groups in total. The van der Waals surface area contributed by atoms with Crippen molar-refractivity contribution in [3.8, 4) is 0 Å². The van der Waals surface area contributed by atoms with Crippen LogP contribution in [0.2, 0.25) is 0 Å². The molecule has 0 aliphatic rings. The maximum absolute atomic E-state index is 11.4. The summed E-state index contributed by atoms with van der Waals surface area (Å²) in [7, 11) is 3.20. The molecule has 2 amide bonds. The Morgan fingerprint density at radius 2 is 2.12 bits per heavy atom. The van der Waals surface area contributed by atoms with E-state index >= 15 is 0 Å². The molecule has 0 atom stereocenters. The number of nitro groups is 1. The van der Waals surface area contributed by atoms with Gasteiger partial charge in [0.25, 0.3) is 5.69 Å². The molecular formula is C11H15N3O3. The van der Waals surface area contributed by atoms with Crippen molar-refractivity contribution in [3.05, 3.63) is 33.9 Å². The zero-order chi connectivity index (χ0) is 13.0. The van der Waals surface area contributed by atoms with Gasteiger partial charge in [-0.1, -0.05) is 13.0 Å². The molecule has 0 heterocycles. The second kappa shape index (κ2) is 5.29. The van der Waals surface area contributed by atoms with E-state index in [1.165, 1.54) is 11.0 Å². The summed E-state index contributed by atoms with van der Waals surface area (Å²) in [6.45, 7) is 1.85. The first-order valence-corrected chi connectivity index (χ1v) is 5.21. The molecule has 0 bridgehead atoms. The van der Waals surface area contributed by atoms with Gasteiger partial charge < -0.3 is 10.2 Å². The molecule has 0 saturated carbocycles. The predicted octanol–water partition coefficient (Wildman–Crippen LogP) is 2.25. The van der Waals surface area contributed by atoms with Gasteiger partial charge in [0.2, 0.25) is 0 Å². The minimum Gasteiger partial charge on any atom is -0.331 e. The summed E-state index contributed by atoms with van der Waals surface area (Å²) >= 11 is 0. The molecule has 0 aromatic heterocycles. The number of urea groups is 1. The van der Waals surface area contributed by atoms with Crippen LogP contribution in [0.15, 0.2) is 18.2 Å². The highest BCUT2D eigenvalue weighted by molar-refractivity contribution is 5.89. The van der Waals surface area contributed by atoms with E-state index in [-0.39, 0.29) is 11.7 Å². The number of nitrogens with one attached hydrogen (secondary N) is 1. The monoisotopic (exact) mass is 237 g/mol. The van der Waals surface area contributed by atoms with E-state index in [2.05, 4.69) is 5.32 Å². The van der Waals surface area contributed by atoms with Gasteiger partial charge in [-0.25, -0.2) is 4.79 Å². The summed E-state index contributed by atoms with van der Waals surface area (Å²) in [6.07, 6.45) is 0.582. The Hall–Kier alpha value is -2.11. The van der Waals surface area contributed by atoms with Gasteiger partial charge in [-0.05, 0) is 12.5 Å². The van der Waals surface area contributed by atoms with Crippen LogP contribution in [0.1, 0.15) is 12.5 Å². The summed E-state index contributed by atoms with van der Waals surface area (Å²) in [6, 6.07) is 4.38. The van der Waals surface area contributed by atoms with Crippen LogP contribution in [0.5, 0.6) is 0 Å². The van der Waals surface area contributed by atoms with Crippen molar-refractivity contribution in [1.29, 1.82) is 0 Å². The molecule has 0 aliphatic carbocycles. The lowest BCUT2D eigenvalue weighted by Gasteiger charge is -2.12. The van der Waals surface area contributed by atoms with Gasteiger partial charge in [-0.3, -0.25) is 10.1 Å². The highest BCUT2D eigenvalue weighted by Crippen LogP contribution is 2.23. The molecule has 0 radical (unpaired) electrons. The third kappa shape index (κ3) is 3.17. The Balaban J connectivity index is 3.00. The fourth-order valence-electron chi connectivity index (χ4n) is 1.35. The van der Waals surface area contributed by atoms with Gasteiger partial charge in [-0.15, -0.1) is 0 Å². The standard InChI is InChI=1S/C11H15N3O3/c1-4-8-5-6-9(7-10(8)14(16)17)12-11(15)13(2)3/h5-7H,4H2,1-3H3,(H,12,15). The largest absolute Gasteiger partial charge is 0.331 e. The number of nitro benzene ring substituents is 1. The number of rotatable bonds is 3. The van der Waals surface area contributed by atoms with Crippen LogP contribution < -0.4 is 5.32 Å². The third-order valence-electron chi connectivity index (χ3n) is 2.32. The maximum Gasteiger partial charge on any atom is 0.321 e. The highest BCUT2D eigenvalue weighted by atomic mass is 16.6. The first-order valence-electron chi connectivity index (χ1n) is 5.21. The minimum atomic E-state index is -0.440. The van der Waals surface area contributed by atoms with Crippen LogP contribution in [0.3, 0.4) is 0 Å². The van der Waals surface area contributed by atoms with Gasteiger partial charge in [0.15, 0.2) is 0 Å². The quantitative estimate of drug-likeness (QED) is 0.647. The van der Waals surface area contributed by atoms with E-state index in [0.29, 0.717) is 17.7 Å². The number of anilines is 1. The average Bonchev–Trinajstić information content (AvgIpc) is 2.28. The molecule has 1 aromatic carbocycles. The molecule has 0 unspecified atom stereocenters. The summed E-state index contributed by atoms with van der Waals surface area (Å²) in [5, 5.41) is 13.4. The van der Waals surface area contributed by atoms with Crippen LogP contribution in [-0.2, 0) is 6.42 Å². The Bertz CT molecular complexity index is 444. The van der Waals surface area contributed by atoms with Crippen molar-refractivity contribution in [2.45, 2.75) is 13.3 Å². The van der Waals surface area contributed by atoms with Gasteiger partial charge >= 0.3 is 6.03 Å². The summed E-state index contributed by atoms with van der Waals surface area (Å²) < 4.78 is 0. The Morgan fingerprint density at radius 3 is 2.59 bits per heavy atom. The SMILES string of the molecule is CCc1ccc(NC(=O)N(C)C)cc1[N+](=O)[O-]. The lowest BCUT2D eigenvalue weighted by Crippen LogP contribution is -2.27. The average molecular weight is 237 g/mol. The number of carbonyl (C=O) groups is 1. The third-order valence-corrected chi connectivity index (χ3v) is 2.32. The van der Waals surface area contributed by atoms with E-state index in [9.17, 15) is 14.9 Å². The second-order valence-corrected chi connectivity index (χ2v) is 3.78. The second-order valence-electron chi connectivity index (χ2n) is 3.78. The molecular weight excluding hydrogens is 222 g/mol. The number of hydrogen-bond acceptors (Lipinski definition) is 3. The van der Waals surface area contributed by atoms with Crippen molar-refractivity contribution in [2.75, 3.05) is 19.4 Å². The van der Waals surface area contributed by atoms with Gasteiger partial charge in [0, 0.05) is 31.4 Å². The van der Waals surface area contributed by atoms with E-state index < -0.39 is 4.92 Å². The zero-order valence-corrected chi connectivity index (χ0v) is 10.1. The maximum atomic E-state index is 11.4. The van der Waals surface area contributed by atoms with Crippen LogP contribution in [-0.4, -0.2) is 29.9 Å². The molecule has 17 heavy (non-hydrogen) atoms. The van der Waals surface area contributed by atoms with E-state index in [4.69, 9.17) is 0 Å². The molecule has 92 valence electrons. The molecule has 1 aromatic rings. The van der Waals surface area contributed by atoms with Gasteiger partial charge in [0.1, 0.15) is 0 Å². The Morgan fingerprint density at radius 1 is 1.47 bits per heavy atom. The van der Waals surface area contributed by atoms with Crippen LogP contribution >= 0.6 is 0 Å². The van der Waals surface area contributed by atoms with Crippen LogP contribution in [0.4, 0.5) is 16.2 Å². The number of amides is 2. The summed E-state index contributed by atoms with van der Waals surface area (Å²) in [4.78, 5) is 23.1. The number of aryl methyl sites for hydroxylation is 1. The normalized spacial score (nSPS) is 9.82. The summed E-state index contributed by atoms with van der Waals surface area (Å²) in [5.41, 5.74) is 1.11. The van der Waals surface area contributed by atoms with Crippen molar-refractivity contribution in [1.82, 2.24) is 4.90 Å². The number of benzene rings is 1. The molecule has 0 saturated heterocycles. The smallest absolute Gasteiger partial charge is 0.321 e. The molecule has 0 aliphatic heterocycles. The topological polar surface area (TPSA) is 75.5 Å². The van der Waals surface area contributed by atoms with Crippen molar-refractivity contribution >= 4 is 17.4 Å². The minimum absolute atomic E-state index is 0.0315. The van der Waals surface area contributed by atoms with Gasteiger partial charge in [-0.2, -0.15) is 0 Å². The van der Waals surface area contributed by atoms with E-state index in [1.807, 2.05) is 6.92 Å². The zero-order valence-electron chi connectivity index (χ0n) is 10.1. The van der Waals surface area contributed by atoms with E-state index in [0.717, 1.165) is 0 Å². The fourth-order valence-corrected chi connectivity index (χ4v) is 1.35. The molecule has 6 nitrogen and oxygen atoms in total. The Kier molecular flexibility index (Phi) is 4.03. The number of hydrogen-bond donors (Lipinski definition) is 1. The lowest BCUT2D eigenvalue weighted by atomic mass is 10.1. The van der Waals surface area contributed by atoms with Crippen molar-refractivity contribution in [3.63, 3.8) is 0 Å². The Labute approximate surface area is 99.4 Å². The fraction of sp³-hybridized carbons (Fsp3) is 0.364. The van der Waals surface area contributed by atoms with Crippen LogP contribution in [0.25, 0.3) is 0 Å². The van der Waals surface area contributed by atoms with Gasteiger partial charge in [0.05, 0.1) is 4.92 Å². The highest BCUT2D eigenvalue weighted by Gasteiger charge is 2.14. The predicted molar refractivity (Wildman–Crippen MR) is 65.2 cm³/mol. The van der Waals surface area contributed by atoms with Crippen LogP contribution in [0, 0.1) is 10.1 Å². The van der Waals surface area contributed by atoms with Crippen molar-refractivity contribution in [2.24, 2.45) is 0 Å². The van der Waals surface area contributed by atoms with Crippen molar-refractivity contribution < 1.29 is 9.72 Å².